The smallest absolute Gasteiger partial charge is 0.0499 e. The van der Waals surface area contributed by atoms with E-state index in [1.165, 1.54) is 25.2 Å². The minimum Gasteiger partial charge on any atom is -0.396 e. The van der Waals surface area contributed by atoms with Crippen LogP contribution in [0.1, 0.15) is 19.3 Å². The third-order valence-electron chi connectivity index (χ3n) is 2.22. The van der Waals surface area contributed by atoms with Crippen LogP contribution in [0.5, 0.6) is 0 Å². The van der Waals surface area contributed by atoms with Crippen LogP contribution in [0.15, 0.2) is 0 Å². The highest BCUT2D eigenvalue weighted by Gasteiger charge is 2.62. The van der Waals surface area contributed by atoms with Crippen LogP contribution in [-0.2, 0) is 0 Å². The van der Waals surface area contributed by atoms with Crippen LogP contribution in [0.2, 0.25) is 0 Å². The Labute approximate surface area is 43.3 Å². The predicted octanol–water partition coefficient (Wildman–Crippen LogP) is 0.737. The first kappa shape index (κ1) is 3.90. The Morgan fingerprint density at radius 2 is 2.29 bits per heavy atom. The molecule has 1 heteroatoms. The molecule has 0 aromatic rings. The SMILES string of the molecule is OC[C]1CC12CC2. The number of rotatable bonds is 1. The zero-order valence-corrected chi connectivity index (χ0v) is 4.28. The first-order chi connectivity index (χ1) is 3.37. The van der Waals surface area contributed by atoms with Crippen molar-refractivity contribution >= 4 is 0 Å². The Balaban J connectivity index is 1.97. The molecule has 0 aromatic heterocycles. The second kappa shape index (κ2) is 0.873. The van der Waals surface area contributed by atoms with Crippen molar-refractivity contribution in [3.8, 4) is 0 Å². The Hall–Kier alpha value is -0.0400. The van der Waals surface area contributed by atoms with Gasteiger partial charge in [-0.15, -0.1) is 0 Å². The van der Waals surface area contributed by atoms with Crippen molar-refractivity contribution in [1.82, 2.24) is 0 Å². The van der Waals surface area contributed by atoms with E-state index >= 15 is 0 Å². The summed E-state index contributed by atoms with van der Waals surface area (Å²) in [4.78, 5) is 0. The lowest BCUT2D eigenvalue weighted by molar-refractivity contribution is 0.318. The number of aliphatic hydroxyl groups is 1. The Morgan fingerprint density at radius 1 is 1.57 bits per heavy atom. The van der Waals surface area contributed by atoms with Gasteiger partial charge >= 0.3 is 0 Å². The molecule has 2 rings (SSSR count). The molecule has 0 atom stereocenters. The number of hydrogen-bond acceptors (Lipinski definition) is 1. The molecule has 2 saturated carbocycles. The topological polar surface area (TPSA) is 20.2 Å². The van der Waals surface area contributed by atoms with Crippen LogP contribution >= 0.6 is 0 Å². The lowest BCUT2D eigenvalue weighted by Crippen LogP contribution is -1.83. The molecule has 0 aliphatic heterocycles. The molecule has 2 fully saturated rings. The summed E-state index contributed by atoms with van der Waals surface area (Å²) in [7, 11) is 0. The molecule has 0 saturated heterocycles. The maximum absolute atomic E-state index is 8.54. The van der Waals surface area contributed by atoms with Gasteiger partial charge in [0.2, 0.25) is 0 Å². The molecule has 1 N–H and O–H groups in total. The summed E-state index contributed by atoms with van der Waals surface area (Å²) in [6, 6.07) is 0. The van der Waals surface area contributed by atoms with E-state index in [2.05, 4.69) is 0 Å². The van der Waals surface area contributed by atoms with Crippen LogP contribution < -0.4 is 0 Å². The highest BCUT2D eigenvalue weighted by atomic mass is 16.3. The first-order valence-electron chi connectivity index (χ1n) is 2.83. The van der Waals surface area contributed by atoms with Gasteiger partial charge in [0.25, 0.3) is 0 Å². The molecule has 7 heavy (non-hydrogen) atoms. The maximum Gasteiger partial charge on any atom is 0.0499 e. The van der Waals surface area contributed by atoms with E-state index in [0.29, 0.717) is 12.0 Å². The van der Waals surface area contributed by atoms with Crippen molar-refractivity contribution in [3.63, 3.8) is 0 Å². The van der Waals surface area contributed by atoms with E-state index in [9.17, 15) is 0 Å². The summed E-state index contributed by atoms with van der Waals surface area (Å²) >= 11 is 0. The summed E-state index contributed by atoms with van der Waals surface area (Å²) in [6.07, 6.45) is 3.97. The highest BCUT2D eigenvalue weighted by molar-refractivity contribution is 5.32. The molecule has 1 nitrogen and oxygen atoms in total. The van der Waals surface area contributed by atoms with Gasteiger partial charge in [0.1, 0.15) is 0 Å². The summed E-state index contributed by atoms with van der Waals surface area (Å²) in [5, 5.41) is 8.54. The van der Waals surface area contributed by atoms with Crippen molar-refractivity contribution in [3.05, 3.63) is 5.92 Å². The van der Waals surface area contributed by atoms with E-state index in [4.69, 9.17) is 5.11 Å². The quantitative estimate of drug-likeness (QED) is 0.511. The standard InChI is InChI=1S/C6H9O/c7-4-5-3-6(5)1-2-6/h7H,1-4H2. The molecular weight excluding hydrogens is 88.1 g/mol. The van der Waals surface area contributed by atoms with E-state index in [1.807, 2.05) is 0 Å². The molecule has 0 bridgehead atoms. The first-order valence-corrected chi connectivity index (χ1v) is 2.83. The number of hydrogen-bond donors (Lipinski definition) is 1. The highest BCUT2D eigenvalue weighted by Crippen LogP contribution is 2.71. The van der Waals surface area contributed by atoms with Gasteiger partial charge in [0, 0.05) is 12.5 Å². The molecular formula is C6H9O. The Bertz CT molecular complexity index is 94.4. The van der Waals surface area contributed by atoms with Crippen molar-refractivity contribution in [2.45, 2.75) is 19.3 Å². The fourth-order valence-electron chi connectivity index (χ4n) is 1.27. The van der Waals surface area contributed by atoms with Gasteiger partial charge in [-0.05, 0) is 24.7 Å². The normalized spacial score (nSPS) is 33.9. The van der Waals surface area contributed by atoms with Gasteiger partial charge in [-0.2, -0.15) is 0 Å². The van der Waals surface area contributed by atoms with Crippen LogP contribution in [0.3, 0.4) is 0 Å². The van der Waals surface area contributed by atoms with E-state index in [1.54, 1.807) is 0 Å². The molecule has 2 aliphatic carbocycles. The second-order valence-electron chi connectivity index (χ2n) is 2.72. The molecule has 1 spiro atoms. The van der Waals surface area contributed by atoms with E-state index in [-0.39, 0.29) is 0 Å². The lowest BCUT2D eigenvalue weighted by Gasteiger charge is -1.81. The minimum absolute atomic E-state index is 0.361. The molecule has 0 unspecified atom stereocenters. The zero-order chi connectivity index (χ0) is 4.91. The van der Waals surface area contributed by atoms with Crippen LogP contribution in [0.25, 0.3) is 0 Å². The Morgan fingerprint density at radius 3 is 2.43 bits per heavy atom. The predicted molar refractivity (Wildman–Crippen MR) is 26.6 cm³/mol. The van der Waals surface area contributed by atoms with Gasteiger partial charge in [-0.1, -0.05) is 0 Å². The fraction of sp³-hybridized carbons (Fsp3) is 0.833. The van der Waals surface area contributed by atoms with E-state index < -0.39 is 0 Å². The Kier molecular flexibility index (Phi) is 0.487. The van der Waals surface area contributed by atoms with Crippen molar-refractivity contribution < 1.29 is 5.11 Å². The average Bonchev–Trinajstić information content (AvgIpc) is 2.52. The third kappa shape index (κ3) is 0.367. The summed E-state index contributed by atoms with van der Waals surface area (Å²) < 4.78 is 0. The van der Waals surface area contributed by atoms with Crippen molar-refractivity contribution in [2.24, 2.45) is 5.41 Å². The molecule has 39 valence electrons. The summed E-state index contributed by atoms with van der Waals surface area (Å²) in [5.74, 6) is 1.41. The fourth-order valence-corrected chi connectivity index (χ4v) is 1.27. The molecule has 2 aliphatic rings. The summed E-state index contributed by atoms with van der Waals surface area (Å²) in [6.45, 7) is 0.361. The monoisotopic (exact) mass is 97.1 g/mol. The summed E-state index contributed by atoms with van der Waals surface area (Å²) in [5.41, 5.74) is 0.634. The van der Waals surface area contributed by atoms with E-state index in [0.717, 1.165) is 0 Å². The van der Waals surface area contributed by atoms with Gasteiger partial charge in [-0.3, -0.25) is 0 Å². The van der Waals surface area contributed by atoms with Crippen LogP contribution in [0, 0.1) is 11.3 Å². The molecule has 1 radical (unpaired) electrons. The van der Waals surface area contributed by atoms with Gasteiger partial charge in [-0.25, -0.2) is 0 Å². The minimum atomic E-state index is 0.361. The molecule has 0 amide bonds. The molecule has 0 heterocycles. The number of aliphatic hydroxyl groups excluding tert-OH is 1. The third-order valence-corrected chi connectivity index (χ3v) is 2.22. The lowest BCUT2D eigenvalue weighted by atomic mass is 10.3. The maximum atomic E-state index is 8.54. The van der Waals surface area contributed by atoms with Gasteiger partial charge in [0.15, 0.2) is 0 Å². The largest absolute Gasteiger partial charge is 0.396 e. The average molecular weight is 97.1 g/mol. The second-order valence-corrected chi connectivity index (χ2v) is 2.72. The molecule has 0 aromatic carbocycles. The van der Waals surface area contributed by atoms with Crippen LogP contribution in [0.4, 0.5) is 0 Å². The van der Waals surface area contributed by atoms with Crippen molar-refractivity contribution in [2.75, 3.05) is 6.61 Å². The van der Waals surface area contributed by atoms with Crippen LogP contribution in [-0.4, -0.2) is 11.7 Å². The van der Waals surface area contributed by atoms with Crippen molar-refractivity contribution in [1.29, 1.82) is 0 Å². The van der Waals surface area contributed by atoms with Gasteiger partial charge in [0.05, 0.1) is 0 Å². The van der Waals surface area contributed by atoms with Gasteiger partial charge < -0.3 is 5.11 Å². The zero-order valence-electron chi connectivity index (χ0n) is 4.28.